The number of halogens is 1. The van der Waals surface area contributed by atoms with Crippen LogP contribution < -0.4 is 0 Å². The average molecular weight is 434 g/mol. The maximum atomic E-state index is 13.3. The molecule has 7 heteroatoms. The number of thioether (sulfide) groups is 1. The first-order valence-corrected chi connectivity index (χ1v) is 11.7. The first-order valence-electron chi connectivity index (χ1n) is 10.7. The summed E-state index contributed by atoms with van der Waals surface area (Å²) in [7, 11) is 1.69. The van der Waals surface area contributed by atoms with Gasteiger partial charge in [0.25, 0.3) is 0 Å². The molecule has 1 heterocycles. The van der Waals surface area contributed by atoms with Crippen molar-refractivity contribution in [3.63, 3.8) is 0 Å². The number of carbonyl (C=O) groups excluding carboxylic acids is 1. The topological polar surface area (TPSA) is 47.4 Å². The molecule has 0 unspecified atom stereocenters. The van der Waals surface area contributed by atoms with E-state index >= 15 is 0 Å². The fraction of sp³-hybridized carbons (Fsp3) is 0.565. The van der Waals surface area contributed by atoms with Crippen molar-refractivity contribution in [2.24, 2.45) is 0 Å². The summed E-state index contributed by atoms with van der Waals surface area (Å²) in [6, 6.07) is 6.73. The number of aromatic nitrogens is 2. The minimum atomic E-state index is -0.251. The normalized spacial score (nSPS) is 14.8. The van der Waals surface area contributed by atoms with Gasteiger partial charge in [-0.3, -0.25) is 4.79 Å². The Morgan fingerprint density at radius 3 is 2.60 bits per heavy atom. The van der Waals surface area contributed by atoms with Gasteiger partial charge in [-0.2, -0.15) is 0 Å². The summed E-state index contributed by atoms with van der Waals surface area (Å²) in [4.78, 5) is 19.9. The predicted octanol–water partition coefficient (Wildman–Crippen LogP) is 4.74. The van der Waals surface area contributed by atoms with Gasteiger partial charge < -0.3 is 14.2 Å². The molecule has 1 saturated carbocycles. The molecule has 30 heavy (non-hydrogen) atoms. The zero-order chi connectivity index (χ0) is 21.5. The van der Waals surface area contributed by atoms with Crippen LogP contribution in [0.2, 0.25) is 0 Å². The first kappa shape index (κ1) is 22.8. The number of aryl methyl sites for hydroxylation is 1. The highest BCUT2D eigenvalue weighted by molar-refractivity contribution is 7.99. The Balaban J connectivity index is 1.71. The third kappa shape index (κ3) is 5.85. The zero-order valence-electron chi connectivity index (χ0n) is 18.2. The van der Waals surface area contributed by atoms with Crippen LogP contribution in [0.15, 0.2) is 29.4 Å². The minimum absolute atomic E-state index is 0.118. The number of amides is 1. The Morgan fingerprint density at radius 2 is 1.93 bits per heavy atom. The first-order chi connectivity index (χ1) is 14.5. The molecule has 0 radical (unpaired) electrons. The van der Waals surface area contributed by atoms with Crippen LogP contribution in [0.5, 0.6) is 0 Å². The van der Waals surface area contributed by atoms with Crippen LogP contribution in [0, 0.1) is 19.7 Å². The van der Waals surface area contributed by atoms with Crippen molar-refractivity contribution >= 4 is 17.7 Å². The molecule has 3 rings (SSSR count). The van der Waals surface area contributed by atoms with Gasteiger partial charge in [0, 0.05) is 31.9 Å². The second-order valence-electron chi connectivity index (χ2n) is 7.94. The van der Waals surface area contributed by atoms with E-state index in [9.17, 15) is 9.18 Å². The standard InChI is InChI=1S/C23H32FN3O2S/c1-17-18(2)26(13-14-29-3)23(25-17)30-16-22(28)27(21-7-5-4-6-8-21)15-19-9-11-20(24)12-10-19/h9-12,21H,4-8,13-16H2,1-3H3. The van der Waals surface area contributed by atoms with Crippen LogP contribution in [-0.2, 0) is 22.6 Å². The lowest BCUT2D eigenvalue weighted by atomic mass is 9.94. The van der Waals surface area contributed by atoms with Crippen molar-refractivity contribution in [2.45, 2.75) is 70.2 Å². The molecule has 0 aliphatic heterocycles. The maximum Gasteiger partial charge on any atom is 0.233 e. The Hall–Kier alpha value is -1.86. The van der Waals surface area contributed by atoms with Gasteiger partial charge in [0.1, 0.15) is 5.82 Å². The molecule has 1 amide bonds. The molecule has 1 aromatic heterocycles. The number of hydrogen-bond acceptors (Lipinski definition) is 4. The van der Waals surface area contributed by atoms with Crippen LogP contribution in [0.4, 0.5) is 4.39 Å². The molecule has 1 aromatic carbocycles. The maximum absolute atomic E-state index is 13.3. The van der Waals surface area contributed by atoms with Crippen LogP contribution in [0.1, 0.15) is 49.1 Å². The van der Waals surface area contributed by atoms with E-state index < -0.39 is 0 Å². The minimum Gasteiger partial charge on any atom is -0.383 e. The Labute approximate surface area is 183 Å². The van der Waals surface area contributed by atoms with Crippen molar-refractivity contribution in [1.82, 2.24) is 14.5 Å². The Kier molecular flexibility index (Phi) is 8.33. The van der Waals surface area contributed by atoms with Crippen LogP contribution in [-0.4, -0.2) is 45.9 Å². The van der Waals surface area contributed by atoms with Gasteiger partial charge in [-0.05, 0) is 44.4 Å². The molecule has 0 bridgehead atoms. The van der Waals surface area contributed by atoms with E-state index in [1.165, 1.54) is 30.3 Å². The van der Waals surface area contributed by atoms with Gasteiger partial charge in [0.05, 0.1) is 18.1 Å². The summed E-state index contributed by atoms with van der Waals surface area (Å²) in [6.07, 6.45) is 5.63. The molecule has 2 aromatic rings. The summed E-state index contributed by atoms with van der Waals surface area (Å²) in [6.45, 7) is 5.90. The van der Waals surface area contributed by atoms with Crippen LogP contribution >= 0.6 is 11.8 Å². The summed E-state index contributed by atoms with van der Waals surface area (Å²) in [5.74, 6) is 0.215. The molecule has 5 nitrogen and oxygen atoms in total. The number of methoxy groups -OCH3 is 1. The molecule has 164 valence electrons. The van der Waals surface area contributed by atoms with Gasteiger partial charge in [-0.1, -0.05) is 43.2 Å². The highest BCUT2D eigenvalue weighted by atomic mass is 32.2. The van der Waals surface area contributed by atoms with Crippen molar-refractivity contribution in [1.29, 1.82) is 0 Å². The van der Waals surface area contributed by atoms with E-state index in [0.717, 1.165) is 54.3 Å². The van der Waals surface area contributed by atoms with E-state index in [1.54, 1.807) is 19.2 Å². The number of ether oxygens (including phenoxy) is 1. The van der Waals surface area contributed by atoms with E-state index in [0.29, 0.717) is 18.9 Å². The van der Waals surface area contributed by atoms with Gasteiger partial charge in [0.15, 0.2) is 5.16 Å². The number of hydrogen-bond donors (Lipinski definition) is 0. The highest BCUT2D eigenvalue weighted by Gasteiger charge is 2.26. The van der Waals surface area contributed by atoms with E-state index in [4.69, 9.17) is 4.74 Å². The van der Waals surface area contributed by atoms with Crippen molar-refractivity contribution in [3.8, 4) is 0 Å². The lowest BCUT2D eigenvalue weighted by molar-refractivity contribution is -0.132. The fourth-order valence-electron chi connectivity index (χ4n) is 3.99. The molecule has 0 atom stereocenters. The van der Waals surface area contributed by atoms with Crippen molar-refractivity contribution < 1.29 is 13.9 Å². The van der Waals surface area contributed by atoms with Crippen LogP contribution in [0.3, 0.4) is 0 Å². The number of benzene rings is 1. The quantitative estimate of drug-likeness (QED) is 0.536. The molecule has 1 fully saturated rings. The summed E-state index contributed by atoms with van der Waals surface area (Å²) < 4.78 is 20.7. The monoisotopic (exact) mass is 433 g/mol. The molecular weight excluding hydrogens is 401 g/mol. The van der Waals surface area contributed by atoms with E-state index in [-0.39, 0.29) is 17.8 Å². The lowest BCUT2D eigenvalue weighted by Crippen LogP contribution is -2.42. The molecule has 0 saturated heterocycles. The van der Waals surface area contributed by atoms with Crippen molar-refractivity contribution in [2.75, 3.05) is 19.5 Å². The Bertz CT molecular complexity index is 832. The zero-order valence-corrected chi connectivity index (χ0v) is 19.0. The molecule has 1 aliphatic carbocycles. The van der Waals surface area contributed by atoms with Gasteiger partial charge in [0.2, 0.25) is 5.91 Å². The molecular formula is C23H32FN3O2S. The molecule has 0 N–H and O–H groups in total. The van der Waals surface area contributed by atoms with E-state index in [2.05, 4.69) is 9.55 Å². The fourth-order valence-corrected chi connectivity index (χ4v) is 4.99. The predicted molar refractivity (Wildman–Crippen MR) is 118 cm³/mol. The largest absolute Gasteiger partial charge is 0.383 e. The second kappa shape index (κ2) is 11.0. The molecule has 0 spiro atoms. The van der Waals surface area contributed by atoms with Crippen LogP contribution in [0.25, 0.3) is 0 Å². The van der Waals surface area contributed by atoms with Gasteiger partial charge >= 0.3 is 0 Å². The van der Waals surface area contributed by atoms with E-state index in [1.807, 2.05) is 18.7 Å². The second-order valence-corrected chi connectivity index (χ2v) is 8.88. The lowest BCUT2D eigenvalue weighted by Gasteiger charge is -2.34. The number of rotatable bonds is 9. The number of imidazole rings is 1. The smallest absolute Gasteiger partial charge is 0.233 e. The van der Waals surface area contributed by atoms with Gasteiger partial charge in [-0.15, -0.1) is 0 Å². The average Bonchev–Trinajstić information content (AvgIpc) is 3.03. The summed E-state index contributed by atoms with van der Waals surface area (Å²) >= 11 is 1.49. The van der Waals surface area contributed by atoms with Crippen molar-refractivity contribution in [3.05, 3.63) is 47.0 Å². The third-order valence-electron chi connectivity index (χ3n) is 5.87. The van der Waals surface area contributed by atoms with Gasteiger partial charge in [-0.25, -0.2) is 9.37 Å². The number of nitrogens with zero attached hydrogens (tertiary/aromatic N) is 3. The summed E-state index contributed by atoms with van der Waals surface area (Å²) in [5.41, 5.74) is 3.06. The number of carbonyl (C=O) groups is 1. The summed E-state index contributed by atoms with van der Waals surface area (Å²) in [5, 5.41) is 0.862. The SMILES string of the molecule is COCCn1c(SCC(=O)N(Cc2ccc(F)cc2)C2CCCCC2)nc(C)c1C. The highest BCUT2D eigenvalue weighted by Crippen LogP contribution is 2.27. The Morgan fingerprint density at radius 1 is 1.23 bits per heavy atom. The molecule has 1 aliphatic rings. The third-order valence-corrected chi connectivity index (χ3v) is 6.83.